The van der Waals surface area contributed by atoms with Gasteiger partial charge < -0.3 is 25.1 Å². The van der Waals surface area contributed by atoms with E-state index < -0.39 is 7.12 Å². The van der Waals surface area contributed by atoms with Crippen LogP contribution in [0.4, 0.5) is 0 Å². The maximum absolute atomic E-state index is 13.4. The first-order valence-electron chi connectivity index (χ1n) is 14.6. The molecule has 6 saturated carbocycles. The quantitative estimate of drug-likeness (QED) is 0.494. The smallest absolute Gasteiger partial charge is 0.404 e. The van der Waals surface area contributed by atoms with Gasteiger partial charge in [0.05, 0.1) is 23.2 Å². The second-order valence-electron chi connectivity index (χ2n) is 13.6. The summed E-state index contributed by atoms with van der Waals surface area (Å²) in [5.74, 6) is 0.928. The van der Waals surface area contributed by atoms with E-state index in [0.717, 1.165) is 38.5 Å². The van der Waals surface area contributed by atoms with Gasteiger partial charge in [0, 0.05) is 12.7 Å². The normalized spacial score (nSPS) is 40.1. The van der Waals surface area contributed by atoms with Gasteiger partial charge in [0.2, 0.25) is 0 Å². The fourth-order valence-corrected chi connectivity index (χ4v) is 8.80. The second-order valence-corrected chi connectivity index (χ2v) is 13.6. The van der Waals surface area contributed by atoms with Gasteiger partial charge in [0.25, 0.3) is 5.91 Å². The number of amides is 1. The van der Waals surface area contributed by atoms with Crippen LogP contribution in [0.2, 0.25) is 0 Å². The van der Waals surface area contributed by atoms with Crippen molar-refractivity contribution in [3.63, 3.8) is 0 Å². The molecular formula is C30H45BN2O4. The minimum atomic E-state index is -0.427. The van der Waals surface area contributed by atoms with Gasteiger partial charge in [-0.15, -0.1) is 0 Å². The highest BCUT2D eigenvalue weighted by molar-refractivity contribution is 6.48. The molecule has 0 unspecified atom stereocenters. The van der Waals surface area contributed by atoms with Gasteiger partial charge >= 0.3 is 7.12 Å². The minimum absolute atomic E-state index is 0.0615. The molecule has 1 aromatic carbocycles. The minimum Gasteiger partial charge on any atom is -0.404 e. The monoisotopic (exact) mass is 508 g/mol. The van der Waals surface area contributed by atoms with E-state index in [9.17, 15) is 4.79 Å². The molecule has 3 N–H and O–H groups in total. The fourth-order valence-electron chi connectivity index (χ4n) is 8.80. The summed E-state index contributed by atoms with van der Waals surface area (Å²) in [6, 6.07) is 8.37. The number of methoxy groups -OCH3 is 1. The van der Waals surface area contributed by atoms with Crippen LogP contribution in [-0.2, 0) is 19.5 Å². The van der Waals surface area contributed by atoms with Crippen LogP contribution >= 0.6 is 0 Å². The first-order chi connectivity index (χ1) is 17.6. The molecule has 202 valence electrons. The molecule has 7 aliphatic rings. The van der Waals surface area contributed by atoms with Crippen LogP contribution in [-0.4, -0.2) is 49.9 Å². The number of rotatable bonds is 8. The van der Waals surface area contributed by atoms with Crippen LogP contribution < -0.4 is 11.1 Å². The third-order valence-corrected chi connectivity index (χ3v) is 11.7. The summed E-state index contributed by atoms with van der Waals surface area (Å²) in [4.78, 5) is 13.4. The number of carbonyl (C=O) groups excluding carboxylic acids is 1. The van der Waals surface area contributed by atoms with Crippen molar-refractivity contribution in [2.45, 2.75) is 114 Å². The van der Waals surface area contributed by atoms with E-state index in [0.29, 0.717) is 29.4 Å². The highest BCUT2D eigenvalue weighted by Gasteiger charge is 2.68. The molecule has 0 spiro atoms. The lowest BCUT2D eigenvalue weighted by Crippen LogP contribution is -2.65. The van der Waals surface area contributed by atoms with Gasteiger partial charge in [-0.05, 0) is 118 Å². The average molecular weight is 509 g/mol. The van der Waals surface area contributed by atoms with Crippen LogP contribution in [0.5, 0.6) is 0 Å². The van der Waals surface area contributed by atoms with Gasteiger partial charge in [-0.25, -0.2) is 0 Å². The fraction of sp³-hybridized carbons (Fsp3) is 0.767. The van der Waals surface area contributed by atoms with Gasteiger partial charge in [-0.2, -0.15) is 0 Å². The number of hydrogen-bond donors (Lipinski definition) is 2. The number of carbonyl (C=O) groups is 1. The van der Waals surface area contributed by atoms with Crippen molar-refractivity contribution in [1.82, 2.24) is 5.32 Å². The summed E-state index contributed by atoms with van der Waals surface area (Å²) < 4.78 is 19.1. The molecule has 0 aromatic heterocycles. The molecule has 5 atom stereocenters. The number of benzene rings is 1. The third-order valence-electron chi connectivity index (χ3n) is 11.7. The number of nitrogens with one attached hydrogen (secondary N) is 1. The van der Waals surface area contributed by atoms with Crippen molar-refractivity contribution in [2.24, 2.45) is 23.0 Å². The summed E-state index contributed by atoms with van der Waals surface area (Å²) in [6.45, 7) is 7.55. The lowest BCUT2D eigenvalue weighted by molar-refractivity contribution is -0.199. The van der Waals surface area contributed by atoms with Crippen molar-refractivity contribution in [1.29, 1.82) is 0 Å². The Morgan fingerprint density at radius 3 is 2.38 bits per heavy atom. The van der Waals surface area contributed by atoms with Gasteiger partial charge in [0.1, 0.15) is 0 Å². The lowest BCUT2D eigenvalue weighted by Gasteiger charge is -2.64. The van der Waals surface area contributed by atoms with Crippen molar-refractivity contribution >= 4 is 13.0 Å². The number of fused-ring (bicyclic) bond motifs is 3. The van der Waals surface area contributed by atoms with Crippen molar-refractivity contribution < 1.29 is 18.8 Å². The van der Waals surface area contributed by atoms with E-state index in [1.54, 1.807) is 0 Å². The molecule has 6 aliphatic carbocycles. The Bertz CT molecular complexity index is 1000. The number of nitrogens with two attached hydrogens (primary N) is 1. The predicted molar refractivity (Wildman–Crippen MR) is 145 cm³/mol. The summed E-state index contributed by atoms with van der Waals surface area (Å²) >= 11 is 0. The van der Waals surface area contributed by atoms with Crippen molar-refractivity contribution in [2.75, 3.05) is 13.7 Å². The predicted octanol–water partition coefficient (Wildman–Crippen LogP) is 4.78. The van der Waals surface area contributed by atoms with Crippen LogP contribution in [0.3, 0.4) is 0 Å². The first-order valence-corrected chi connectivity index (χ1v) is 14.6. The highest BCUT2D eigenvalue weighted by Crippen LogP contribution is 2.65. The maximum Gasteiger partial charge on any atom is 0.481 e. The first kappa shape index (κ1) is 25.9. The molecule has 37 heavy (non-hydrogen) atoms. The van der Waals surface area contributed by atoms with Crippen LogP contribution in [0.25, 0.3) is 0 Å². The second kappa shape index (κ2) is 9.07. The Hall–Kier alpha value is -1.41. The molecule has 6 nitrogen and oxygen atoms in total. The zero-order valence-electron chi connectivity index (χ0n) is 23.2. The van der Waals surface area contributed by atoms with E-state index in [1.165, 1.54) is 31.2 Å². The van der Waals surface area contributed by atoms with Crippen molar-refractivity contribution in [3.8, 4) is 0 Å². The molecule has 1 aromatic rings. The lowest BCUT2D eigenvalue weighted by atomic mass is 9.43. The summed E-state index contributed by atoms with van der Waals surface area (Å²) in [7, 11) is 1.44. The van der Waals surface area contributed by atoms with Crippen LogP contribution in [0, 0.1) is 17.3 Å². The number of hydrogen-bond acceptors (Lipinski definition) is 5. The molecule has 4 bridgehead atoms. The van der Waals surface area contributed by atoms with Crippen LogP contribution in [0.15, 0.2) is 24.3 Å². The highest BCUT2D eigenvalue weighted by atomic mass is 16.7. The van der Waals surface area contributed by atoms with Crippen LogP contribution in [0.1, 0.15) is 101 Å². The Kier molecular flexibility index (Phi) is 6.34. The van der Waals surface area contributed by atoms with Crippen molar-refractivity contribution in [3.05, 3.63) is 35.4 Å². The van der Waals surface area contributed by atoms with E-state index >= 15 is 0 Å². The summed E-state index contributed by atoms with van der Waals surface area (Å²) in [6.07, 6.45) is 10.8. The average Bonchev–Trinajstić information content (AvgIpc) is 3.29. The Balaban J connectivity index is 1.14. The molecular weight excluding hydrogens is 463 g/mol. The molecule has 1 heterocycles. The Morgan fingerprint density at radius 2 is 1.78 bits per heavy atom. The molecule has 7 fully saturated rings. The maximum atomic E-state index is 13.4. The van der Waals surface area contributed by atoms with E-state index in [1.807, 2.05) is 19.2 Å². The molecule has 0 radical (unpaired) electrons. The number of ether oxygens (including phenoxy) is 1. The zero-order valence-corrected chi connectivity index (χ0v) is 23.2. The Labute approximate surface area is 222 Å². The summed E-state index contributed by atoms with van der Waals surface area (Å²) in [5.41, 5.74) is 8.28. The molecule has 1 amide bonds. The SMILES string of the molecule is COC12CCC(c3ccc(C(=O)N[C@@H](CCCN)B4O[C@@H]5C[C@@H]6C[C@@H](C6(C)C)[C@]5(C)O4)cc3)(CC1)CC2. The standard InChI is InChI=1S/C30H45BN2O4/c1-27(2)22-18-23(27)28(3)24(19-22)36-31(37-28)25(6-5-17-32)33-26(34)20-7-9-21(10-8-20)29-11-14-30(35-4,15-12-29)16-13-29/h7-10,22-25H,5-6,11-19,32H2,1-4H3,(H,33,34)/t22-,23-,24+,25-,28-,29?,30?/m0/s1. The topological polar surface area (TPSA) is 82.8 Å². The van der Waals surface area contributed by atoms with Gasteiger partial charge in [-0.1, -0.05) is 26.0 Å². The van der Waals surface area contributed by atoms with Gasteiger partial charge in [0.15, 0.2) is 0 Å². The Morgan fingerprint density at radius 1 is 1.11 bits per heavy atom. The molecule has 7 heteroatoms. The zero-order chi connectivity index (χ0) is 26.1. The van der Waals surface area contributed by atoms with E-state index in [4.69, 9.17) is 19.8 Å². The van der Waals surface area contributed by atoms with E-state index in [2.05, 4.69) is 38.2 Å². The third kappa shape index (κ3) is 4.02. The van der Waals surface area contributed by atoms with E-state index in [-0.39, 0.29) is 34.6 Å². The molecule has 1 saturated heterocycles. The molecule has 8 rings (SSSR count). The largest absolute Gasteiger partial charge is 0.481 e. The van der Waals surface area contributed by atoms with Gasteiger partial charge in [-0.3, -0.25) is 4.79 Å². The summed E-state index contributed by atoms with van der Waals surface area (Å²) in [5, 5.41) is 3.27. The molecule has 1 aliphatic heterocycles.